The third-order valence-corrected chi connectivity index (χ3v) is 5.94. The molecule has 1 heterocycles. The van der Waals surface area contributed by atoms with Gasteiger partial charge in [-0.1, -0.05) is 104 Å². The van der Waals surface area contributed by atoms with E-state index in [-0.39, 0.29) is 0 Å². The van der Waals surface area contributed by atoms with Crippen molar-refractivity contribution in [2.75, 3.05) is 0 Å². The van der Waals surface area contributed by atoms with Crippen molar-refractivity contribution in [1.29, 1.82) is 0 Å². The second-order valence-electron chi connectivity index (χ2n) is 8.39. The van der Waals surface area contributed by atoms with E-state index >= 15 is 0 Å². The van der Waals surface area contributed by atoms with Gasteiger partial charge in [0.25, 0.3) is 5.82 Å². The number of unbranched alkanes of at least 4 members (excludes halogenated alkanes) is 14. The average Bonchev–Trinajstić information content (AvgIpc) is 3.08. The molecule has 0 fully saturated rings. The first-order valence-electron chi connectivity index (χ1n) is 12.4. The van der Waals surface area contributed by atoms with E-state index in [0.717, 1.165) is 6.54 Å². The SMILES string of the molecule is CCCCCCCCCCCCCCCCc1n(CC)cc[n+]1CCCC. The molecule has 0 unspecified atom stereocenters. The van der Waals surface area contributed by atoms with Gasteiger partial charge in [0.1, 0.15) is 12.4 Å². The van der Waals surface area contributed by atoms with E-state index < -0.39 is 0 Å². The second-order valence-corrected chi connectivity index (χ2v) is 8.39. The van der Waals surface area contributed by atoms with Crippen LogP contribution >= 0.6 is 0 Å². The van der Waals surface area contributed by atoms with Gasteiger partial charge in [-0.15, -0.1) is 0 Å². The Bertz CT molecular complexity index is 436. The van der Waals surface area contributed by atoms with Crippen LogP contribution in [0.5, 0.6) is 0 Å². The lowest BCUT2D eigenvalue weighted by atomic mass is 10.0. The first-order chi connectivity index (χ1) is 13.3. The quantitative estimate of drug-likeness (QED) is 0.173. The number of nitrogens with zero attached hydrogens (tertiary/aromatic N) is 2. The Morgan fingerprint density at radius 1 is 0.630 bits per heavy atom. The molecule has 0 aliphatic heterocycles. The highest BCUT2D eigenvalue weighted by atomic mass is 15.1. The third kappa shape index (κ3) is 11.6. The molecule has 0 N–H and O–H groups in total. The molecule has 1 aromatic heterocycles. The Balaban J connectivity index is 1.98. The summed E-state index contributed by atoms with van der Waals surface area (Å²) in [6.07, 6.45) is 28.5. The maximum atomic E-state index is 2.50. The van der Waals surface area contributed by atoms with Gasteiger partial charge in [0.2, 0.25) is 0 Å². The molecule has 2 nitrogen and oxygen atoms in total. The van der Waals surface area contributed by atoms with Crippen LogP contribution in [0.4, 0.5) is 0 Å². The number of rotatable bonds is 19. The number of hydrogen-bond donors (Lipinski definition) is 0. The third-order valence-electron chi connectivity index (χ3n) is 5.94. The van der Waals surface area contributed by atoms with E-state index in [2.05, 4.69) is 42.3 Å². The first-order valence-corrected chi connectivity index (χ1v) is 12.4. The van der Waals surface area contributed by atoms with Crippen molar-refractivity contribution >= 4 is 0 Å². The van der Waals surface area contributed by atoms with Crippen LogP contribution in [0.25, 0.3) is 0 Å². The summed E-state index contributed by atoms with van der Waals surface area (Å²) >= 11 is 0. The molecule has 0 saturated heterocycles. The van der Waals surface area contributed by atoms with Gasteiger partial charge >= 0.3 is 0 Å². The monoisotopic (exact) mass is 377 g/mol. The standard InChI is InChI=1S/C25H49N2/c1-4-7-9-10-11-12-13-14-15-16-17-18-19-20-21-25-26(6-3)23-24-27(25)22-8-5-2/h23-24H,4-22H2,1-3H3/q+1. The van der Waals surface area contributed by atoms with Crippen LogP contribution in [0.3, 0.4) is 0 Å². The Kier molecular flexibility index (Phi) is 15.6. The molecular formula is C25H49N2+. The van der Waals surface area contributed by atoms with Crippen LogP contribution in [0.1, 0.15) is 129 Å². The zero-order chi connectivity index (χ0) is 19.6. The van der Waals surface area contributed by atoms with Crippen LogP contribution in [-0.4, -0.2) is 4.57 Å². The molecule has 0 radical (unpaired) electrons. The van der Waals surface area contributed by atoms with Crippen LogP contribution in [-0.2, 0) is 19.5 Å². The van der Waals surface area contributed by atoms with E-state index in [9.17, 15) is 0 Å². The van der Waals surface area contributed by atoms with E-state index in [0.29, 0.717) is 0 Å². The smallest absolute Gasteiger partial charge is 0.235 e. The van der Waals surface area contributed by atoms with Gasteiger partial charge in [-0.25, -0.2) is 9.13 Å². The number of aromatic nitrogens is 2. The molecule has 0 atom stereocenters. The molecule has 0 aliphatic rings. The summed E-state index contributed by atoms with van der Waals surface area (Å²) in [7, 11) is 0. The average molecular weight is 378 g/mol. The predicted molar refractivity (Wildman–Crippen MR) is 119 cm³/mol. The minimum absolute atomic E-state index is 1.10. The van der Waals surface area contributed by atoms with Crippen molar-refractivity contribution in [3.8, 4) is 0 Å². The molecule has 0 saturated carbocycles. The highest BCUT2D eigenvalue weighted by Crippen LogP contribution is 2.13. The molecule has 0 bridgehead atoms. The summed E-state index contributed by atoms with van der Waals surface area (Å²) in [5.41, 5.74) is 0. The van der Waals surface area contributed by atoms with Crippen LogP contribution in [0.15, 0.2) is 12.4 Å². The van der Waals surface area contributed by atoms with Gasteiger partial charge in [-0.3, -0.25) is 0 Å². The largest absolute Gasteiger partial charge is 0.256 e. The van der Waals surface area contributed by atoms with Gasteiger partial charge in [0.05, 0.1) is 13.1 Å². The van der Waals surface area contributed by atoms with Gasteiger partial charge < -0.3 is 0 Å². The Hall–Kier alpha value is -0.790. The minimum Gasteiger partial charge on any atom is -0.235 e. The summed E-state index contributed by atoms with van der Waals surface area (Å²) < 4.78 is 4.94. The first kappa shape index (κ1) is 24.2. The van der Waals surface area contributed by atoms with Crippen molar-refractivity contribution in [2.24, 2.45) is 0 Å². The van der Waals surface area contributed by atoms with Crippen molar-refractivity contribution in [1.82, 2.24) is 4.57 Å². The molecule has 27 heavy (non-hydrogen) atoms. The Morgan fingerprint density at radius 3 is 1.59 bits per heavy atom. The summed E-state index contributed by atoms with van der Waals surface area (Å²) in [6.45, 7) is 9.14. The number of imidazole rings is 1. The molecule has 0 amide bonds. The van der Waals surface area contributed by atoms with Crippen molar-refractivity contribution in [3.05, 3.63) is 18.2 Å². The summed E-state index contributed by atoms with van der Waals surface area (Å²) in [6, 6.07) is 0. The Labute approximate surface area is 170 Å². The van der Waals surface area contributed by atoms with Crippen molar-refractivity contribution in [2.45, 2.75) is 143 Å². The van der Waals surface area contributed by atoms with Gasteiger partial charge in [0.15, 0.2) is 0 Å². The molecule has 158 valence electrons. The molecule has 0 aliphatic carbocycles. The predicted octanol–water partition coefficient (Wildman–Crippen LogP) is 7.62. The summed E-state index contributed by atoms with van der Waals surface area (Å²) in [5, 5.41) is 0. The Morgan fingerprint density at radius 2 is 1.11 bits per heavy atom. The molecule has 1 aromatic rings. The molecule has 1 rings (SSSR count). The normalized spacial score (nSPS) is 11.4. The second kappa shape index (κ2) is 17.3. The number of hydrogen-bond acceptors (Lipinski definition) is 0. The zero-order valence-electron chi connectivity index (χ0n) is 19.0. The van der Waals surface area contributed by atoms with Crippen LogP contribution in [0.2, 0.25) is 0 Å². The highest BCUT2D eigenvalue weighted by molar-refractivity contribution is 4.83. The van der Waals surface area contributed by atoms with E-state index in [1.165, 1.54) is 116 Å². The van der Waals surface area contributed by atoms with Gasteiger partial charge in [0, 0.05) is 6.42 Å². The van der Waals surface area contributed by atoms with Gasteiger partial charge in [-0.05, 0) is 19.8 Å². The maximum absolute atomic E-state index is 2.50. The van der Waals surface area contributed by atoms with E-state index in [1.54, 1.807) is 5.82 Å². The topological polar surface area (TPSA) is 8.81 Å². The highest BCUT2D eigenvalue weighted by Gasteiger charge is 2.14. The van der Waals surface area contributed by atoms with Crippen molar-refractivity contribution < 1.29 is 4.57 Å². The molecule has 0 aromatic carbocycles. The van der Waals surface area contributed by atoms with Crippen LogP contribution < -0.4 is 4.57 Å². The fraction of sp³-hybridized carbons (Fsp3) is 0.880. The lowest BCUT2D eigenvalue weighted by Gasteiger charge is -2.05. The lowest BCUT2D eigenvalue weighted by Crippen LogP contribution is -2.37. The van der Waals surface area contributed by atoms with Crippen LogP contribution in [0, 0.1) is 0 Å². The van der Waals surface area contributed by atoms with Gasteiger partial charge in [-0.2, -0.15) is 0 Å². The fourth-order valence-corrected chi connectivity index (χ4v) is 4.08. The molecule has 0 spiro atoms. The zero-order valence-corrected chi connectivity index (χ0v) is 19.0. The molecule has 2 heteroatoms. The van der Waals surface area contributed by atoms with E-state index in [1.807, 2.05) is 0 Å². The van der Waals surface area contributed by atoms with Crippen molar-refractivity contribution in [3.63, 3.8) is 0 Å². The summed E-state index contributed by atoms with van der Waals surface area (Å²) in [4.78, 5) is 0. The van der Waals surface area contributed by atoms with E-state index in [4.69, 9.17) is 0 Å². The maximum Gasteiger partial charge on any atom is 0.256 e. The molecular weight excluding hydrogens is 328 g/mol. The lowest BCUT2D eigenvalue weighted by molar-refractivity contribution is -0.704. The fourth-order valence-electron chi connectivity index (χ4n) is 4.08. The summed E-state index contributed by atoms with van der Waals surface area (Å²) in [5.74, 6) is 1.55. The number of aryl methyl sites for hydroxylation is 2. The minimum atomic E-state index is 1.10.